The van der Waals surface area contributed by atoms with Gasteiger partial charge in [-0.3, -0.25) is 0 Å². The molecule has 0 aliphatic heterocycles. The van der Waals surface area contributed by atoms with E-state index in [-0.39, 0.29) is 0 Å². The topological polar surface area (TPSA) is 68.7 Å². The molecule has 2 aromatic carbocycles. The van der Waals surface area contributed by atoms with Crippen molar-refractivity contribution >= 4 is 33.9 Å². The first-order chi connectivity index (χ1) is 16.0. The molecule has 2 aromatic heterocycles. The number of ether oxygens (including phenoxy) is 1. The normalized spacial score (nSPS) is 12.1. The molecule has 2 heterocycles. The number of thiophene rings is 1. The molecule has 0 saturated carbocycles. The Bertz CT molecular complexity index is 1210. The number of fused-ring (bicyclic) bond motifs is 1. The number of hydrogen-bond donors (Lipinski definition) is 1. The van der Waals surface area contributed by atoms with Crippen molar-refractivity contribution in [2.24, 2.45) is 10.7 Å². The van der Waals surface area contributed by atoms with E-state index in [4.69, 9.17) is 15.5 Å². The molecule has 0 saturated heterocycles. The SMILES string of the molecule is CCCOc1ccc(Cc2nc3cc(N=C(N)c4cccs4)ccc3n2CCN(C)C)cc1. The Morgan fingerprint density at radius 2 is 1.97 bits per heavy atom. The van der Waals surface area contributed by atoms with E-state index in [0.29, 0.717) is 5.84 Å². The predicted molar refractivity (Wildman–Crippen MR) is 138 cm³/mol. The molecule has 7 heteroatoms. The Morgan fingerprint density at radius 1 is 1.15 bits per heavy atom. The summed E-state index contributed by atoms with van der Waals surface area (Å²) < 4.78 is 8.03. The molecule has 4 aromatic rings. The summed E-state index contributed by atoms with van der Waals surface area (Å²) in [6, 6.07) is 18.4. The third-order valence-corrected chi connectivity index (χ3v) is 6.26. The first-order valence-electron chi connectivity index (χ1n) is 11.3. The summed E-state index contributed by atoms with van der Waals surface area (Å²) in [5, 5.41) is 2.00. The third-order valence-electron chi connectivity index (χ3n) is 5.36. The third kappa shape index (κ3) is 5.80. The minimum absolute atomic E-state index is 0.530. The van der Waals surface area contributed by atoms with Crippen molar-refractivity contribution in [3.63, 3.8) is 0 Å². The van der Waals surface area contributed by atoms with Crippen molar-refractivity contribution in [1.82, 2.24) is 14.5 Å². The van der Waals surface area contributed by atoms with Crippen LogP contribution in [-0.4, -0.2) is 47.5 Å². The highest BCUT2D eigenvalue weighted by Crippen LogP contribution is 2.25. The minimum atomic E-state index is 0.530. The van der Waals surface area contributed by atoms with Gasteiger partial charge in [0.15, 0.2) is 0 Å². The van der Waals surface area contributed by atoms with Crippen molar-refractivity contribution in [2.75, 3.05) is 27.2 Å². The average molecular weight is 462 g/mol. The van der Waals surface area contributed by atoms with Crippen molar-refractivity contribution in [3.8, 4) is 5.75 Å². The molecule has 33 heavy (non-hydrogen) atoms. The molecule has 0 unspecified atom stereocenters. The fraction of sp³-hybridized carbons (Fsp3) is 0.308. The molecule has 0 spiro atoms. The lowest BCUT2D eigenvalue weighted by molar-refractivity contribution is 0.317. The van der Waals surface area contributed by atoms with Crippen molar-refractivity contribution < 1.29 is 4.74 Å². The molecule has 0 aliphatic rings. The van der Waals surface area contributed by atoms with Crippen LogP contribution in [0.15, 0.2) is 65.0 Å². The van der Waals surface area contributed by atoms with Crippen LogP contribution in [0.4, 0.5) is 5.69 Å². The molecule has 172 valence electrons. The summed E-state index contributed by atoms with van der Waals surface area (Å²) in [6.07, 6.45) is 1.76. The van der Waals surface area contributed by atoms with Gasteiger partial charge in [0.05, 0.1) is 28.2 Å². The van der Waals surface area contributed by atoms with E-state index in [0.717, 1.165) is 65.7 Å². The summed E-state index contributed by atoms with van der Waals surface area (Å²) in [5.74, 6) is 2.48. The Balaban J connectivity index is 1.63. The van der Waals surface area contributed by atoms with E-state index in [2.05, 4.69) is 53.7 Å². The fourth-order valence-electron chi connectivity index (χ4n) is 3.65. The maximum absolute atomic E-state index is 6.20. The lowest BCUT2D eigenvalue weighted by Gasteiger charge is -2.14. The van der Waals surface area contributed by atoms with Crippen LogP contribution in [0.5, 0.6) is 5.75 Å². The molecular formula is C26H31N5OS. The molecule has 4 rings (SSSR count). The Hall–Kier alpha value is -3.16. The highest BCUT2D eigenvalue weighted by atomic mass is 32.1. The Labute approximate surface area is 199 Å². The number of nitrogens with two attached hydrogens (primary N) is 1. The molecule has 2 N–H and O–H groups in total. The summed E-state index contributed by atoms with van der Waals surface area (Å²) in [5.41, 5.74) is 10.3. The molecule has 0 atom stereocenters. The number of benzene rings is 2. The van der Waals surface area contributed by atoms with Crippen LogP contribution in [0.2, 0.25) is 0 Å². The first kappa shape index (κ1) is 23.0. The van der Waals surface area contributed by atoms with E-state index >= 15 is 0 Å². The summed E-state index contributed by atoms with van der Waals surface area (Å²) in [7, 11) is 4.18. The number of hydrogen-bond acceptors (Lipinski definition) is 5. The zero-order valence-corrected chi connectivity index (χ0v) is 20.3. The first-order valence-corrected chi connectivity index (χ1v) is 12.1. The smallest absolute Gasteiger partial charge is 0.141 e. The number of amidine groups is 1. The van der Waals surface area contributed by atoms with Crippen molar-refractivity contribution in [1.29, 1.82) is 0 Å². The van der Waals surface area contributed by atoms with Crippen LogP contribution in [-0.2, 0) is 13.0 Å². The standard InChI is InChI=1S/C26H31N5OS/c1-4-15-32-21-10-7-19(8-11-21)17-25-29-22-18-20(28-26(27)24-6-5-16-33-24)9-12-23(22)31(25)14-13-30(2)3/h5-12,16,18H,4,13-15,17H2,1-3H3,(H2,27,28). The molecule has 0 bridgehead atoms. The number of nitrogens with zero attached hydrogens (tertiary/aromatic N) is 4. The van der Waals surface area contributed by atoms with E-state index in [9.17, 15) is 0 Å². The van der Waals surface area contributed by atoms with Gasteiger partial charge in [0, 0.05) is 19.5 Å². The van der Waals surface area contributed by atoms with Gasteiger partial charge in [0.1, 0.15) is 17.4 Å². The summed E-state index contributed by atoms with van der Waals surface area (Å²) >= 11 is 1.59. The van der Waals surface area contributed by atoms with Crippen LogP contribution in [0.1, 0.15) is 29.6 Å². The average Bonchev–Trinajstić information content (AvgIpc) is 3.45. The second-order valence-electron chi connectivity index (χ2n) is 8.30. The maximum Gasteiger partial charge on any atom is 0.141 e. The second kappa shape index (κ2) is 10.6. The molecular weight excluding hydrogens is 430 g/mol. The van der Waals surface area contributed by atoms with Crippen molar-refractivity contribution in [2.45, 2.75) is 26.3 Å². The maximum atomic E-state index is 6.20. The minimum Gasteiger partial charge on any atom is -0.494 e. The van der Waals surface area contributed by atoms with Crippen LogP contribution >= 0.6 is 11.3 Å². The molecule has 0 amide bonds. The number of likely N-dealkylation sites (N-methyl/N-ethyl adjacent to an activating group) is 1. The molecule has 0 fully saturated rings. The Morgan fingerprint density at radius 3 is 2.67 bits per heavy atom. The van der Waals surface area contributed by atoms with Gasteiger partial charge < -0.3 is 19.9 Å². The van der Waals surface area contributed by atoms with Gasteiger partial charge in [0.2, 0.25) is 0 Å². The predicted octanol–water partition coefficient (Wildman–Crippen LogP) is 5.08. The van der Waals surface area contributed by atoms with Gasteiger partial charge in [-0.25, -0.2) is 9.98 Å². The lowest BCUT2D eigenvalue weighted by Crippen LogP contribution is -2.19. The number of aliphatic imine (C=N–C) groups is 1. The van der Waals surface area contributed by atoms with E-state index in [1.54, 1.807) is 11.3 Å². The van der Waals surface area contributed by atoms with E-state index in [1.165, 1.54) is 5.56 Å². The van der Waals surface area contributed by atoms with Gasteiger partial charge in [-0.15, -0.1) is 11.3 Å². The van der Waals surface area contributed by atoms with Crippen LogP contribution in [0, 0.1) is 0 Å². The van der Waals surface area contributed by atoms with Gasteiger partial charge in [-0.1, -0.05) is 25.1 Å². The monoisotopic (exact) mass is 461 g/mol. The number of imidazole rings is 1. The molecule has 0 radical (unpaired) electrons. The zero-order chi connectivity index (χ0) is 23.2. The summed E-state index contributed by atoms with van der Waals surface area (Å²) in [6.45, 7) is 4.66. The van der Waals surface area contributed by atoms with E-state index < -0.39 is 0 Å². The zero-order valence-electron chi connectivity index (χ0n) is 19.5. The van der Waals surface area contributed by atoms with Gasteiger partial charge in [0.25, 0.3) is 0 Å². The van der Waals surface area contributed by atoms with Gasteiger partial charge in [-0.2, -0.15) is 0 Å². The number of rotatable bonds is 10. The quantitative estimate of drug-likeness (QED) is 0.264. The fourth-order valence-corrected chi connectivity index (χ4v) is 4.27. The van der Waals surface area contributed by atoms with Crippen molar-refractivity contribution in [3.05, 3.63) is 76.2 Å². The van der Waals surface area contributed by atoms with E-state index in [1.807, 2.05) is 41.8 Å². The lowest BCUT2D eigenvalue weighted by atomic mass is 10.1. The summed E-state index contributed by atoms with van der Waals surface area (Å²) in [4.78, 5) is 12.8. The number of aromatic nitrogens is 2. The van der Waals surface area contributed by atoms with Gasteiger partial charge >= 0.3 is 0 Å². The van der Waals surface area contributed by atoms with Gasteiger partial charge in [-0.05, 0) is 67.9 Å². The highest BCUT2D eigenvalue weighted by Gasteiger charge is 2.13. The second-order valence-corrected chi connectivity index (χ2v) is 9.25. The van der Waals surface area contributed by atoms with Crippen LogP contribution in [0.25, 0.3) is 11.0 Å². The molecule has 0 aliphatic carbocycles. The Kier molecular flexibility index (Phi) is 7.42. The van der Waals surface area contributed by atoms with Crippen LogP contribution in [0.3, 0.4) is 0 Å². The molecule has 6 nitrogen and oxygen atoms in total. The largest absolute Gasteiger partial charge is 0.494 e. The van der Waals surface area contributed by atoms with Crippen LogP contribution < -0.4 is 10.5 Å². The highest BCUT2D eigenvalue weighted by molar-refractivity contribution is 7.12.